The molecule has 0 aliphatic carbocycles. The van der Waals surface area contributed by atoms with Gasteiger partial charge >= 0.3 is 0 Å². The van der Waals surface area contributed by atoms with E-state index < -0.39 is 0 Å². The van der Waals surface area contributed by atoms with Crippen LogP contribution < -0.4 is 0 Å². The average molecular weight is 296 g/mol. The zero-order valence-electron chi connectivity index (χ0n) is 15.1. The van der Waals surface area contributed by atoms with Crippen LogP contribution in [-0.4, -0.2) is 0 Å². The highest BCUT2D eigenvalue weighted by Gasteiger charge is 1.85. The zero-order valence-corrected chi connectivity index (χ0v) is 15.1. The smallest absolute Gasteiger partial charge is 0.0260 e. The van der Waals surface area contributed by atoms with Crippen molar-refractivity contribution in [3.05, 3.63) is 84.0 Å². The lowest BCUT2D eigenvalue weighted by molar-refractivity contribution is 1.60. The Balaban J connectivity index is 0. The summed E-state index contributed by atoms with van der Waals surface area (Å²) in [6.07, 6.45) is 20.3. The molecule has 120 valence electrons. The van der Waals surface area contributed by atoms with Gasteiger partial charge in [-0.15, -0.1) is 0 Å². The van der Waals surface area contributed by atoms with Crippen LogP contribution in [-0.2, 0) is 0 Å². The summed E-state index contributed by atoms with van der Waals surface area (Å²) in [6, 6.07) is 8.48. The summed E-state index contributed by atoms with van der Waals surface area (Å²) < 4.78 is 0. The van der Waals surface area contributed by atoms with Crippen molar-refractivity contribution >= 4 is 12.2 Å². The second kappa shape index (κ2) is 18.9. The summed E-state index contributed by atoms with van der Waals surface area (Å²) in [5.74, 6) is 0. The third kappa shape index (κ3) is 16.0. The Morgan fingerprint density at radius 3 is 0.955 bits per heavy atom. The molecule has 0 amide bonds. The van der Waals surface area contributed by atoms with Gasteiger partial charge in [0.05, 0.1) is 0 Å². The third-order valence-electron chi connectivity index (χ3n) is 2.48. The predicted octanol–water partition coefficient (Wildman–Crippen LogP) is 7.47. The van der Waals surface area contributed by atoms with Gasteiger partial charge in [0.2, 0.25) is 0 Å². The van der Waals surface area contributed by atoms with Crippen molar-refractivity contribution in [1.29, 1.82) is 0 Å². The van der Waals surface area contributed by atoms with E-state index in [-0.39, 0.29) is 0 Å². The second-order valence-corrected chi connectivity index (χ2v) is 4.38. The topological polar surface area (TPSA) is 0 Å². The van der Waals surface area contributed by atoms with E-state index in [1.165, 1.54) is 11.1 Å². The SMILES string of the molecule is CC=CC.CC=CC=CC.CC=Cc1ccc(C=CC)cc1. The predicted molar refractivity (Wildman–Crippen MR) is 106 cm³/mol. The second-order valence-electron chi connectivity index (χ2n) is 4.38. The minimum atomic E-state index is 1.26. The minimum Gasteiger partial charge on any atom is -0.0919 e. The normalized spacial score (nSPS) is 11.2. The third-order valence-corrected chi connectivity index (χ3v) is 2.48. The maximum absolute atomic E-state index is 2.12. The first-order chi connectivity index (χ1) is 10.7. The maximum atomic E-state index is 2.12. The number of rotatable bonds is 3. The van der Waals surface area contributed by atoms with E-state index >= 15 is 0 Å². The fourth-order valence-corrected chi connectivity index (χ4v) is 1.33. The van der Waals surface area contributed by atoms with Crippen molar-refractivity contribution in [2.24, 2.45) is 0 Å². The Labute approximate surface area is 138 Å². The monoisotopic (exact) mass is 296 g/mol. The van der Waals surface area contributed by atoms with E-state index in [1.54, 1.807) is 0 Å². The van der Waals surface area contributed by atoms with Gasteiger partial charge in [-0.3, -0.25) is 0 Å². The molecule has 0 radical (unpaired) electrons. The molecule has 0 N–H and O–H groups in total. The van der Waals surface area contributed by atoms with Gasteiger partial charge in [-0.2, -0.15) is 0 Å². The Morgan fingerprint density at radius 1 is 0.455 bits per heavy atom. The Morgan fingerprint density at radius 2 is 0.773 bits per heavy atom. The fraction of sp³-hybridized carbons (Fsp3) is 0.273. The average Bonchev–Trinajstić information content (AvgIpc) is 2.56. The van der Waals surface area contributed by atoms with Gasteiger partial charge in [-0.05, 0) is 52.7 Å². The van der Waals surface area contributed by atoms with Gasteiger partial charge in [0.1, 0.15) is 0 Å². The highest BCUT2D eigenvalue weighted by atomic mass is 13.9. The van der Waals surface area contributed by atoms with E-state index in [9.17, 15) is 0 Å². The molecule has 1 aromatic rings. The van der Waals surface area contributed by atoms with Crippen molar-refractivity contribution < 1.29 is 0 Å². The summed E-state index contributed by atoms with van der Waals surface area (Å²) in [7, 11) is 0. The van der Waals surface area contributed by atoms with Gasteiger partial charge < -0.3 is 0 Å². The molecule has 0 spiro atoms. The van der Waals surface area contributed by atoms with Crippen molar-refractivity contribution in [3.8, 4) is 0 Å². The summed E-state index contributed by atoms with van der Waals surface area (Å²) in [5, 5.41) is 0. The molecule has 0 saturated carbocycles. The molecular weight excluding hydrogens is 264 g/mol. The van der Waals surface area contributed by atoms with E-state index in [0.29, 0.717) is 0 Å². The lowest BCUT2D eigenvalue weighted by atomic mass is 10.1. The highest BCUT2D eigenvalue weighted by Crippen LogP contribution is 2.07. The first-order valence-corrected chi connectivity index (χ1v) is 7.86. The summed E-state index contributed by atoms with van der Waals surface area (Å²) in [5.41, 5.74) is 2.51. The molecule has 0 nitrogen and oxygen atoms in total. The number of benzene rings is 1. The van der Waals surface area contributed by atoms with Gasteiger partial charge in [0.15, 0.2) is 0 Å². The molecule has 0 saturated heterocycles. The van der Waals surface area contributed by atoms with Crippen LogP contribution in [0.3, 0.4) is 0 Å². The molecular formula is C22H32. The van der Waals surface area contributed by atoms with E-state index in [1.807, 2.05) is 90.2 Å². The van der Waals surface area contributed by atoms with Crippen molar-refractivity contribution in [2.45, 2.75) is 41.5 Å². The fourth-order valence-electron chi connectivity index (χ4n) is 1.33. The molecule has 22 heavy (non-hydrogen) atoms. The maximum Gasteiger partial charge on any atom is -0.0260 e. The minimum absolute atomic E-state index is 1.26. The molecule has 0 aromatic heterocycles. The van der Waals surface area contributed by atoms with Crippen LogP contribution >= 0.6 is 0 Å². The van der Waals surface area contributed by atoms with E-state index in [2.05, 4.69) is 36.4 Å². The summed E-state index contributed by atoms with van der Waals surface area (Å²) in [6.45, 7) is 12.1. The molecule has 0 fully saturated rings. The molecule has 0 bridgehead atoms. The lowest BCUT2D eigenvalue weighted by Crippen LogP contribution is -1.73. The molecule has 0 unspecified atom stereocenters. The summed E-state index contributed by atoms with van der Waals surface area (Å²) >= 11 is 0. The lowest BCUT2D eigenvalue weighted by Gasteiger charge is -1.94. The summed E-state index contributed by atoms with van der Waals surface area (Å²) in [4.78, 5) is 0. The van der Waals surface area contributed by atoms with Crippen LogP contribution in [0.4, 0.5) is 0 Å². The van der Waals surface area contributed by atoms with Crippen molar-refractivity contribution in [3.63, 3.8) is 0 Å². The Bertz CT molecular complexity index is 420. The van der Waals surface area contributed by atoms with Crippen LogP contribution in [0.5, 0.6) is 0 Å². The van der Waals surface area contributed by atoms with Crippen molar-refractivity contribution in [1.82, 2.24) is 0 Å². The first-order valence-electron chi connectivity index (χ1n) is 7.86. The molecule has 0 aliphatic heterocycles. The molecule has 0 aliphatic rings. The number of hydrogen-bond donors (Lipinski definition) is 0. The molecule has 0 heteroatoms. The molecule has 0 atom stereocenters. The Kier molecular flexibility index (Phi) is 19.1. The molecule has 1 aromatic carbocycles. The first kappa shape index (κ1) is 22.2. The standard InChI is InChI=1S/C12H14.C6H10.C4H8/c1-3-5-11-7-9-12(6-4-2)10-8-11;1-3-5-6-4-2;1-3-4-2/h3-10H,1-2H3;3-6H,1-2H3;3-4H,1-2H3. The van der Waals surface area contributed by atoms with Crippen LogP contribution in [0.15, 0.2) is 72.9 Å². The van der Waals surface area contributed by atoms with Crippen LogP contribution in [0.25, 0.3) is 12.2 Å². The van der Waals surface area contributed by atoms with Gasteiger partial charge in [0, 0.05) is 0 Å². The van der Waals surface area contributed by atoms with E-state index in [4.69, 9.17) is 0 Å². The van der Waals surface area contributed by atoms with Crippen LogP contribution in [0.2, 0.25) is 0 Å². The highest BCUT2D eigenvalue weighted by molar-refractivity contribution is 5.55. The van der Waals surface area contributed by atoms with Crippen LogP contribution in [0, 0.1) is 0 Å². The molecule has 0 heterocycles. The molecule has 1 rings (SSSR count). The van der Waals surface area contributed by atoms with E-state index in [0.717, 1.165) is 0 Å². The van der Waals surface area contributed by atoms with Gasteiger partial charge in [-0.25, -0.2) is 0 Å². The largest absolute Gasteiger partial charge is 0.0919 e. The van der Waals surface area contributed by atoms with Gasteiger partial charge in [0.25, 0.3) is 0 Å². The van der Waals surface area contributed by atoms with Gasteiger partial charge in [-0.1, -0.05) is 85.0 Å². The quantitative estimate of drug-likeness (QED) is 0.401. The number of hydrogen-bond acceptors (Lipinski definition) is 0. The van der Waals surface area contributed by atoms with Crippen LogP contribution in [0.1, 0.15) is 52.7 Å². The van der Waals surface area contributed by atoms with Crippen molar-refractivity contribution in [2.75, 3.05) is 0 Å². The Hall–Kier alpha value is -2.08. The zero-order chi connectivity index (χ0) is 17.1. The number of allylic oxidation sites excluding steroid dienone is 8.